The Hall–Kier alpha value is -3.38. The van der Waals surface area contributed by atoms with Crippen LogP contribution in [-0.2, 0) is 21.4 Å². The standard InChI is InChI=1S/C16H15N3O8S/c1-11(16(20)21)17(10-12-5-2-3-8-15(12)19(24)25)28(26,27)14-7-4-6-13(9-14)18(22)23/h2-9,11H,10H2,1H3,(H,20,21)/t11-/m0/s1. The average molecular weight is 409 g/mol. The van der Waals surface area contributed by atoms with Gasteiger partial charge in [0, 0.05) is 30.3 Å². The van der Waals surface area contributed by atoms with Crippen molar-refractivity contribution in [1.29, 1.82) is 0 Å². The molecule has 0 saturated heterocycles. The zero-order valence-corrected chi connectivity index (χ0v) is 15.3. The number of sulfonamides is 1. The Balaban J connectivity index is 2.58. The molecule has 11 nitrogen and oxygen atoms in total. The van der Waals surface area contributed by atoms with Gasteiger partial charge in [-0.1, -0.05) is 24.3 Å². The number of rotatable bonds is 8. The Labute approximate surface area is 159 Å². The van der Waals surface area contributed by atoms with Crippen LogP contribution in [0.25, 0.3) is 0 Å². The minimum absolute atomic E-state index is 0.0189. The second-order valence-corrected chi connectivity index (χ2v) is 7.60. The summed E-state index contributed by atoms with van der Waals surface area (Å²) in [6.45, 7) is 0.502. The molecule has 0 aliphatic rings. The van der Waals surface area contributed by atoms with Crippen LogP contribution >= 0.6 is 0 Å². The highest BCUT2D eigenvalue weighted by Gasteiger charge is 2.35. The summed E-state index contributed by atoms with van der Waals surface area (Å²) < 4.78 is 26.6. The van der Waals surface area contributed by atoms with Crippen LogP contribution in [0.1, 0.15) is 12.5 Å². The summed E-state index contributed by atoms with van der Waals surface area (Å²) in [6.07, 6.45) is 0. The molecule has 12 heteroatoms. The molecule has 0 amide bonds. The Kier molecular flexibility index (Phi) is 6.06. The number of carboxylic acid groups (broad SMARTS) is 1. The third-order valence-corrected chi connectivity index (χ3v) is 5.85. The van der Waals surface area contributed by atoms with E-state index in [-0.39, 0.29) is 11.3 Å². The number of nitrogens with zero attached hydrogens (tertiary/aromatic N) is 3. The molecule has 2 aromatic rings. The number of benzene rings is 2. The van der Waals surface area contributed by atoms with Gasteiger partial charge in [0.05, 0.1) is 14.7 Å². The number of carboxylic acids is 1. The Morgan fingerprint density at radius 1 is 1.11 bits per heavy atom. The molecule has 0 saturated carbocycles. The highest BCUT2D eigenvalue weighted by atomic mass is 32.2. The summed E-state index contributed by atoms with van der Waals surface area (Å²) in [4.78, 5) is 31.6. The molecule has 2 aromatic carbocycles. The minimum atomic E-state index is -4.52. The number of non-ortho nitro benzene ring substituents is 1. The molecular formula is C16H15N3O8S. The fourth-order valence-electron chi connectivity index (χ4n) is 2.44. The zero-order valence-electron chi connectivity index (χ0n) is 14.5. The first kappa shape index (κ1) is 20.9. The predicted octanol–water partition coefficient (Wildman–Crippen LogP) is 2.17. The normalized spacial score (nSPS) is 12.5. The maximum Gasteiger partial charge on any atom is 0.321 e. The molecule has 1 N–H and O–H groups in total. The van der Waals surface area contributed by atoms with Gasteiger partial charge in [0.2, 0.25) is 10.0 Å². The number of aliphatic carboxylic acids is 1. The molecule has 2 rings (SSSR count). The lowest BCUT2D eigenvalue weighted by Crippen LogP contribution is -2.42. The van der Waals surface area contributed by atoms with Gasteiger partial charge in [-0.25, -0.2) is 8.42 Å². The number of para-hydroxylation sites is 1. The lowest BCUT2D eigenvalue weighted by Gasteiger charge is -2.25. The maximum atomic E-state index is 13.0. The maximum absolute atomic E-state index is 13.0. The lowest BCUT2D eigenvalue weighted by molar-refractivity contribution is -0.385. The van der Waals surface area contributed by atoms with Crippen molar-refractivity contribution in [1.82, 2.24) is 4.31 Å². The van der Waals surface area contributed by atoms with Crippen molar-refractivity contribution in [2.24, 2.45) is 0 Å². The van der Waals surface area contributed by atoms with E-state index in [2.05, 4.69) is 0 Å². The Morgan fingerprint density at radius 2 is 1.75 bits per heavy atom. The number of nitro benzene ring substituents is 2. The van der Waals surface area contributed by atoms with Gasteiger partial charge in [-0.3, -0.25) is 25.0 Å². The van der Waals surface area contributed by atoms with Crippen LogP contribution in [0.15, 0.2) is 53.4 Å². The summed E-state index contributed by atoms with van der Waals surface area (Å²) in [5, 5.41) is 31.4. The molecule has 0 aromatic heterocycles. The summed E-state index contributed by atoms with van der Waals surface area (Å²) in [6, 6.07) is 7.87. The number of nitro groups is 2. The molecule has 0 unspecified atom stereocenters. The van der Waals surface area contributed by atoms with Crippen molar-refractivity contribution >= 4 is 27.4 Å². The van der Waals surface area contributed by atoms with Gasteiger partial charge in [0.1, 0.15) is 6.04 Å². The van der Waals surface area contributed by atoms with E-state index in [1.165, 1.54) is 24.3 Å². The lowest BCUT2D eigenvalue weighted by atomic mass is 10.1. The summed E-state index contributed by atoms with van der Waals surface area (Å²) in [5.74, 6) is -1.48. The predicted molar refractivity (Wildman–Crippen MR) is 96.0 cm³/mol. The minimum Gasteiger partial charge on any atom is -0.480 e. The molecule has 1 atom stereocenters. The van der Waals surface area contributed by atoms with Gasteiger partial charge >= 0.3 is 5.97 Å². The van der Waals surface area contributed by atoms with Crippen molar-refractivity contribution < 1.29 is 28.2 Å². The van der Waals surface area contributed by atoms with Gasteiger partial charge in [-0.2, -0.15) is 4.31 Å². The number of hydrogen-bond acceptors (Lipinski definition) is 7. The second-order valence-electron chi connectivity index (χ2n) is 5.70. The van der Waals surface area contributed by atoms with Crippen LogP contribution in [0.5, 0.6) is 0 Å². The van der Waals surface area contributed by atoms with E-state index < -0.39 is 49.0 Å². The van der Waals surface area contributed by atoms with E-state index >= 15 is 0 Å². The van der Waals surface area contributed by atoms with Gasteiger partial charge < -0.3 is 5.11 Å². The van der Waals surface area contributed by atoms with Crippen molar-refractivity contribution in [3.05, 3.63) is 74.3 Å². The molecule has 28 heavy (non-hydrogen) atoms. The highest BCUT2D eigenvalue weighted by Crippen LogP contribution is 2.27. The molecule has 0 fully saturated rings. The van der Waals surface area contributed by atoms with E-state index in [0.29, 0.717) is 4.31 Å². The van der Waals surface area contributed by atoms with Crippen molar-refractivity contribution in [2.45, 2.75) is 24.4 Å². The molecular weight excluding hydrogens is 394 g/mol. The third-order valence-electron chi connectivity index (χ3n) is 3.94. The highest BCUT2D eigenvalue weighted by molar-refractivity contribution is 7.89. The fourth-order valence-corrected chi connectivity index (χ4v) is 4.04. The summed E-state index contributed by atoms with van der Waals surface area (Å²) >= 11 is 0. The first-order valence-electron chi connectivity index (χ1n) is 7.77. The van der Waals surface area contributed by atoms with Crippen LogP contribution in [0.4, 0.5) is 11.4 Å². The molecule has 0 aliphatic carbocycles. The van der Waals surface area contributed by atoms with E-state index in [0.717, 1.165) is 31.2 Å². The Morgan fingerprint density at radius 3 is 2.32 bits per heavy atom. The van der Waals surface area contributed by atoms with Crippen LogP contribution in [-0.4, -0.2) is 39.7 Å². The van der Waals surface area contributed by atoms with E-state index in [1.54, 1.807) is 0 Å². The first-order valence-corrected chi connectivity index (χ1v) is 9.21. The molecule has 0 radical (unpaired) electrons. The largest absolute Gasteiger partial charge is 0.480 e. The van der Waals surface area contributed by atoms with Gasteiger partial charge in [-0.15, -0.1) is 0 Å². The van der Waals surface area contributed by atoms with E-state index in [1.807, 2.05) is 0 Å². The monoisotopic (exact) mass is 409 g/mol. The smallest absolute Gasteiger partial charge is 0.321 e. The average Bonchev–Trinajstić information content (AvgIpc) is 2.65. The molecule has 148 valence electrons. The first-order chi connectivity index (χ1) is 13.1. The second kappa shape index (κ2) is 8.10. The number of carbonyl (C=O) groups is 1. The molecule has 0 aliphatic heterocycles. The van der Waals surface area contributed by atoms with Crippen LogP contribution < -0.4 is 0 Å². The van der Waals surface area contributed by atoms with Gasteiger partial charge in [0.15, 0.2) is 0 Å². The third kappa shape index (κ3) is 4.29. The molecule has 0 spiro atoms. The van der Waals surface area contributed by atoms with E-state index in [4.69, 9.17) is 0 Å². The van der Waals surface area contributed by atoms with Gasteiger partial charge in [-0.05, 0) is 13.0 Å². The van der Waals surface area contributed by atoms with Crippen LogP contribution in [0, 0.1) is 20.2 Å². The zero-order chi connectivity index (χ0) is 21.1. The van der Waals surface area contributed by atoms with E-state index in [9.17, 15) is 38.5 Å². The number of hydrogen-bond donors (Lipinski definition) is 1. The van der Waals surface area contributed by atoms with Crippen LogP contribution in [0.2, 0.25) is 0 Å². The topological polar surface area (TPSA) is 161 Å². The van der Waals surface area contributed by atoms with Crippen molar-refractivity contribution in [2.75, 3.05) is 0 Å². The summed E-state index contributed by atoms with van der Waals surface area (Å²) in [7, 11) is -4.52. The Bertz CT molecular complexity index is 1040. The molecule has 0 heterocycles. The van der Waals surface area contributed by atoms with Gasteiger partial charge in [0.25, 0.3) is 11.4 Å². The molecule has 0 bridgehead atoms. The SMILES string of the molecule is C[C@@H](C(=O)O)N(Cc1ccccc1[N+](=O)[O-])S(=O)(=O)c1cccc([N+](=O)[O-])c1. The van der Waals surface area contributed by atoms with Crippen molar-refractivity contribution in [3.8, 4) is 0 Å². The van der Waals surface area contributed by atoms with Crippen LogP contribution in [0.3, 0.4) is 0 Å². The fraction of sp³-hybridized carbons (Fsp3) is 0.188. The van der Waals surface area contributed by atoms with Crippen molar-refractivity contribution in [3.63, 3.8) is 0 Å². The quantitative estimate of drug-likeness (QED) is 0.512. The summed E-state index contributed by atoms with van der Waals surface area (Å²) in [5.41, 5.74) is -0.886.